The van der Waals surface area contributed by atoms with Gasteiger partial charge in [0.1, 0.15) is 0 Å². The van der Waals surface area contributed by atoms with Crippen LogP contribution in [-0.2, 0) is 0 Å². The fourth-order valence-electron chi connectivity index (χ4n) is 0. The molecule has 0 atom stereocenters. The van der Waals surface area contributed by atoms with Gasteiger partial charge in [0.25, 0.3) is 0 Å². The summed E-state index contributed by atoms with van der Waals surface area (Å²) in [5.74, 6) is 0. The Kier molecular flexibility index (Phi) is 670. The molecule has 0 spiro atoms. The molecule has 0 unspecified atom stereocenters. The first-order valence-electron chi connectivity index (χ1n) is 0. The van der Waals surface area contributed by atoms with E-state index < -0.39 is 0 Å². The molecule has 0 aliphatic rings. The van der Waals surface area contributed by atoms with Crippen molar-refractivity contribution in [3.05, 3.63) is 0 Å². The van der Waals surface area contributed by atoms with Gasteiger partial charge in [-0.05, 0) is 0 Å². The standard InChI is InChI=1S/3Ge.4P/q3*+4;4*-3. The fourth-order valence-corrected chi connectivity index (χ4v) is 0. The first-order valence-corrected chi connectivity index (χ1v) is 0. The third kappa shape index (κ3) is 45.0. The normalized spacial score (nSPS) is 0. The summed E-state index contributed by atoms with van der Waals surface area (Å²) in [6.45, 7) is 0. The van der Waals surface area contributed by atoms with Crippen LogP contribution in [0.3, 0.4) is 0 Å². The van der Waals surface area contributed by atoms with Crippen LogP contribution in [0.4, 0.5) is 0 Å². The number of hydrogen-bond donors (Lipinski definition) is 0. The molecule has 0 saturated carbocycles. The molecule has 0 aromatic rings. The molecule has 0 bridgehead atoms. The summed E-state index contributed by atoms with van der Waals surface area (Å²) in [5.41, 5.74) is 0. The van der Waals surface area contributed by atoms with Crippen molar-refractivity contribution < 1.29 is 0 Å². The Morgan fingerprint density at radius 2 is 0.286 bits per heavy atom. The van der Waals surface area contributed by atoms with Crippen molar-refractivity contribution in [2.75, 3.05) is 0 Å². The third-order valence-electron chi connectivity index (χ3n) is 0. The van der Waals surface area contributed by atoms with Crippen LogP contribution in [0.2, 0.25) is 0 Å². The number of hydrogen-bond acceptors (Lipinski definition) is 0. The predicted octanol–water partition coefficient (Wildman–Crippen LogP) is 2.30. The molecule has 0 aromatic heterocycles. The monoisotopic (exact) mass is 346 g/mol. The molecule has 0 aliphatic heterocycles. The van der Waals surface area contributed by atoms with Gasteiger partial charge >= 0.3 is 52.8 Å². The molecule has 0 amide bonds. The Balaban J connectivity index is 0. The summed E-state index contributed by atoms with van der Waals surface area (Å²) in [6, 6.07) is 0. The van der Waals surface area contributed by atoms with E-state index in [0.29, 0.717) is 0 Å². The Morgan fingerprint density at radius 3 is 0.286 bits per heavy atom. The quantitative estimate of drug-likeness (QED) is 0.468. The van der Waals surface area contributed by atoms with E-state index in [9.17, 15) is 0 Å². The Hall–Kier alpha value is 3.35. The second-order valence-electron chi connectivity index (χ2n) is 0. The minimum atomic E-state index is 0. The van der Waals surface area contributed by atoms with Crippen LogP contribution in [0.15, 0.2) is 0 Å². The van der Waals surface area contributed by atoms with Gasteiger partial charge < -0.3 is 39.6 Å². The van der Waals surface area contributed by atoms with Crippen molar-refractivity contribution in [1.29, 1.82) is 0 Å². The van der Waals surface area contributed by atoms with E-state index in [4.69, 9.17) is 0 Å². The van der Waals surface area contributed by atoms with Crippen LogP contribution in [0.5, 0.6) is 0 Å². The first-order chi connectivity index (χ1) is 0. The maximum Gasteiger partial charge on any atom is 4.00 e. The van der Waals surface area contributed by atoms with Gasteiger partial charge in [-0.1, -0.05) is 0 Å². The number of rotatable bonds is 0. The third-order valence-corrected chi connectivity index (χ3v) is 0. The van der Waals surface area contributed by atoms with Crippen molar-refractivity contribution in [2.45, 2.75) is 0 Å². The summed E-state index contributed by atoms with van der Waals surface area (Å²) >= 11 is 0. The first kappa shape index (κ1) is 80.7. The molecule has 0 N–H and O–H groups in total. The Bertz CT molecular complexity index is 6.90. The molecule has 0 saturated heterocycles. The van der Waals surface area contributed by atoms with Crippen LogP contribution in [0.1, 0.15) is 0 Å². The average molecular weight is 342 g/mol. The van der Waals surface area contributed by atoms with E-state index in [2.05, 4.69) is 0 Å². The van der Waals surface area contributed by atoms with Crippen LogP contribution < -0.4 is 0 Å². The van der Waals surface area contributed by atoms with Crippen LogP contribution in [-0.4, -0.2) is 52.8 Å². The summed E-state index contributed by atoms with van der Waals surface area (Å²) in [6.07, 6.45) is 0. The molecule has 0 rings (SSSR count). The Morgan fingerprint density at radius 1 is 0.286 bits per heavy atom. The van der Waals surface area contributed by atoms with Gasteiger partial charge in [-0.25, -0.2) is 0 Å². The van der Waals surface area contributed by atoms with Crippen LogP contribution in [0, 0.1) is 0 Å². The van der Waals surface area contributed by atoms with Gasteiger partial charge in [-0.3, -0.25) is 0 Å². The topological polar surface area (TPSA) is 0 Å². The molecule has 0 heterocycles. The van der Waals surface area contributed by atoms with Gasteiger partial charge in [0.05, 0.1) is 0 Å². The SMILES string of the molecule is [Ge+4].[Ge+4].[Ge+4].[P-3].[P-3].[P-3].[P-3]. The van der Waals surface area contributed by atoms with Crippen molar-refractivity contribution >= 4 is 92.4 Å². The Labute approximate surface area is 91.7 Å². The summed E-state index contributed by atoms with van der Waals surface area (Å²) in [5, 5.41) is 0. The van der Waals surface area contributed by atoms with Crippen molar-refractivity contribution in [2.24, 2.45) is 0 Å². The van der Waals surface area contributed by atoms with Gasteiger partial charge in [-0.15, -0.1) is 0 Å². The van der Waals surface area contributed by atoms with Crippen molar-refractivity contribution in [1.82, 2.24) is 0 Å². The second kappa shape index (κ2) is 58.1. The van der Waals surface area contributed by atoms with Crippen molar-refractivity contribution in [3.63, 3.8) is 0 Å². The smallest absolute Gasteiger partial charge is 3.00 e. The molecule has 7 heteroatoms. The molecule has 0 aromatic carbocycles. The molecule has 0 aliphatic carbocycles. The van der Waals surface area contributed by atoms with E-state index in [-0.39, 0.29) is 92.4 Å². The summed E-state index contributed by atoms with van der Waals surface area (Å²) < 4.78 is 0. The summed E-state index contributed by atoms with van der Waals surface area (Å²) in [4.78, 5) is 0. The maximum absolute atomic E-state index is 0. The van der Waals surface area contributed by atoms with Crippen LogP contribution >= 0.6 is 39.6 Å². The van der Waals surface area contributed by atoms with Gasteiger partial charge in [-0.2, -0.15) is 0 Å². The zero-order valence-corrected chi connectivity index (χ0v) is 13.2. The molecule has 7 heavy (non-hydrogen) atoms. The van der Waals surface area contributed by atoms with E-state index in [0.717, 1.165) is 0 Å². The second-order valence-corrected chi connectivity index (χ2v) is 0. The van der Waals surface area contributed by atoms with Crippen LogP contribution in [0.25, 0.3) is 0 Å². The molecule has 0 fully saturated rings. The van der Waals surface area contributed by atoms with E-state index in [1.165, 1.54) is 0 Å². The van der Waals surface area contributed by atoms with E-state index in [1.54, 1.807) is 0 Å². The van der Waals surface area contributed by atoms with E-state index >= 15 is 0 Å². The minimum Gasteiger partial charge on any atom is -3.00 e. The molecule has 0 nitrogen and oxygen atoms in total. The molecular formula is Ge3P4. The predicted molar refractivity (Wildman–Crippen MR) is 44.9 cm³/mol. The largest absolute Gasteiger partial charge is 4.00 e. The minimum absolute atomic E-state index is 0. The molecular weight excluding hydrogens is 342 g/mol. The average Bonchev–Trinajstić information content (AvgIpc) is 0. The van der Waals surface area contributed by atoms with Gasteiger partial charge in [0.2, 0.25) is 0 Å². The van der Waals surface area contributed by atoms with Gasteiger partial charge in [0.15, 0.2) is 0 Å². The molecule has 32 valence electrons. The van der Waals surface area contributed by atoms with E-state index in [1.807, 2.05) is 0 Å². The molecule has 0 radical (unpaired) electrons. The zero-order valence-electron chi connectivity index (χ0n) is 3.29. The van der Waals surface area contributed by atoms with Gasteiger partial charge in [0, 0.05) is 0 Å². The van der Waals surface area contributed by atoms with Crippen molar-refractivity contribution in [3.8, 4) is 0 Å². The zero-order chi connectivity index (χ0) is 0. The maximum atomic E-state index is 0. The summed E-state index contributed by atoms with van der Waals surface area (Å²) in [7, 11) is 0. The fraction of sp³-hybridized carbons (Fsp3) is 0.